The Morgan fingerprint density at radius 3 is 2.53 bits per heavy atom. The lowest BCUT2D eigenvalue weighted by atomic mass is 10.0. The summed E-state index contributed by atoms with van der Waals surface area (Å²) in [5.74, 6) is 0.926. The second-order valence-electron chi connectivity index (χ2n) is 4.73. The van der Waals surface area contributed by atoms with E-state index in [4.69, 9.17) is 0 Å². The van der Waals surface area contributed by atoms with Crippen LogP contribution in [0.1, 0.15) is 49.4 Å². The molecule has 92 valence electrons. The number of nitrogens with zero attached hydrogens (tertiary/aromatic N) is 3. The highest BCUT2D eigenvalue weighted by Gasteiger charge is 2.28. The smallest absolute Gasteiger partial charge is 0.220 e. The Labute approximate surface area is 102 Å². The standard InChI is InChI=1S/C13H19N3O/c1-9-8-10(2)15-13(14-9)12-6-4-5-7-16(12)11(3)17/h8,12H,4-7H2,1-3H3/t12-/m1/s1. The normalized spacial score (nSPS) is 20.4. The highest BCUT2D eigenvalue weighted by molar-refractivity contribution is 5.73. The maximum absolute atomic E-state index is 11.6. The predicted molar refractivity (Wildman–Crippen MR) is 65.5 cm³/mol. The molecule has 4 heteroatoms. The molecule has 1 aromatic rings. The summed E-state index contributed by atoms with van der Waals surface area (Å²) in [5.41, 5.74) is 1.95. The highest BCUT2D eigenvalue weighted by Crippen LogP contribution is 2.28. The van der Waals surface area contributed by atoms with Crippen LogP contribution in [0.15, 0.2) is 6.07 Å². The van der Waals surface area contributed by atoms with Crippen LogP contribution in [-0.4, -0.2) is 27.3 Å². The zero-order chi connectivity index (χ0) is 12.4. The van der Waals surface area contributed by atoms with Gasteiger partial charge in [-0.3, -0.25) is 4.79 Å². The van der Waals surface area contributed by atoms with Crippen molar-refractivity contribution in [3.05, 3.63) is 23.3 Å². The van der Waals surface area contributed by atoms with Crippen LogP contribution < -0.4 is 0 Å². The van der Waals surface area contributed by atoms with Crippen LogP contribution in [0.3, 0.4) is 0 Å². The van der Waals surface area contributed by atoms with Gasteiger partial charge in [-0.25, -0.2) is 9.97 Å². The molecule has 2 rings (SSSR count). The zero-order valence-electron chi connectivity index (χ0n) is 10.7. The molecule has 0 bridgehead atoms. The summed E-state index contributed by atoms with van der Waals surface area (Å²) in [5, 5.41) is 0. The van der Waals surface area contributed by atoms with E-state index in [1.165, 1.54) is 0 Å². The van der Waals surface area contributed by atoms with E-state index in [9.17, 15) is 4.79 Å². The lowest BCUT2D eigenvalue weighted by Crippen LogP contribution is -2.37. The van der Waals surface area contributed by atoms with E-state index >= 15 is 0 Å². The number of hydrogen-bond acceptors (Lipinski definition) is 3. The second kappa shape index (κ2) is 4.82. The molecule has 0 radical (unpaired) electrons. The first kappa shape index (κ1) is 12.0. The SMILES string of the molecule is CC(=O)N1CCCC[C@@H]1c1nc(C)cc(C)n1. The number of aryl methyl sites for hydroxylation is 2. The molecule has 1 atom stereocenters. The van der Waals surface area contributed by atoms with Gasteiger partial charge >= 0.3 is 0 Å². The molecule has 0 aromatic carbocycles. The van der Waals surface area contributed by atoms with E-state index in [0.717, 1.165) is 43.0 Å². The monoisotopic (exact) mass is 233 g/mol. The van der Waals surface area contributed by atoms with Gasteiger partial charge in [0.1, 0.15) is 0 Å². The molecule has 17 heavy (non-hydrogen) atoms. The Morgan fingerprint density at radius 1 is 1.29 bits per heavy atom. The van der Waals surface area contributed by atoms with Gasteiger partial charge < -0.3 is 4.90 Å². The third kappa shape index (κ3) is 2.62. The molecule has 0 N–H and O–H groups in total. The largest absolute Gasteiger partial charge is 0.333 e. The number of carbonyl (C=O) groups is 1. The van der Waals surface area contributed by atoms with Crippen molar-refractivity contribution >= 4 is 5.91 Å². The topological polar surface area (TPSA) is 46.1 Å². The maximum atomic E-state index is 11.6. The first-order chi connectivity index (χ1) is 8.08. The lowest BCUT2D eigenvalue weighted by molar-refractivity contribution is -0.132. The first-order valence-electron chi connectivity index (χ1n) is 6.17. The van der Waals surface area contributed by atoms with Gasteiger partial charge in [0, 0.05) is 24.9 Å². The Morgan fingerprint density at radius 2 is 1.94 bits per heavy atom. The average molecular weight is 233 g/mol. The molecule has 1 fully saturated rings. The van der Waals surface area contributed by atoms with Crippen molar-refractivity contribution in [2.75, 3.05) is 6.54 Å². The van der Waals surface area contributed by atoms with E-state index < -0.39 is 0 Å². The number of amides is 1. The fourth-order valence-electron chi connectivity index (χ4n) is 2.48. The highest BCUT2D eigenvalue weighted by atomic mass is 16.2. The maximum Gasteiger partial charge on any atom is 0.220 e. The summed E-state index contributed by atoms with van der Waals surface area (Å²) in [6, 6.07) is 2.03. The number of hydrogen-bond donors (Lipinski definition) is 0. The predicted octanol–water partition coefficient (Wildman–Crippen LogP) is 2.17. The first-order valence-corrected chi connectivity index (χ1v) is 6.17. The fraction of sp³-hybridized carbons (Fsp3) is 0.615. The fourth-order valence-corrected chi connectivity index (χ4v) is 2.48. The third-order valence-corrected chi connectivity index (χ3v) is 3.20. The van der Waals surface area contributed by atoms with Crippen molar-refractivity contribution in [2.45, 2.75) is 46.1 Å². The molecule has 1 aromatic heterocycles. The van der Waals surface area contributed by atoms with Gasteiger partial charge in [-0.05, 0) is 39.2 Å². The summed E-state index contributed by atoms with van der Waals surface area (Å²) in [4.78, 5) is 22.5. The van der Waals surface area contributed by atoms with Gasteiger partial charge in [-0.2, -0.15) is 0 Å². The molecular formula is C13H19N3O. The van der Waals surface area contributed by atoms with E-state index in [1.807, 2.05) is 24.8 Å². The second-order valence-corrected chi connectivity index (χ2v) is 4.73. The van der Waals surface area contributed by atoms with E-state index in [1.54, 1.807) is 6.92 Å². The van der Waals surface area contributed by atoms with E-state index in [-0.39, 0.29) is 11.9 Å². The van der Waals surface area contributed by atoms with Crippen LogP contribution in [0, 0.1) is 13.8 Å². The molecule has 1 aliphatic rings. The van der Waals surface area contributed by atoms with Gasteiger partial charge in [-0.15, -0.1) is 0 Å². The number of aromatic nitrogens is 2. The van der Waals surface area contributed by atoms with Gasteiger partial charge in [0.05, 0.1) is 6.04 Å². The molecule has 0 aliphatic carbocycles. The Hall–Kier alpha value is -1.45. The molecule has 4 nitrogen and oxygen atoms in total. The molecular weight excluding hydrogens is 214 g/mol. The number of rotatable bonds is 1. The Balaban J connectivity index is 2.32. The van der Waals surface area contributed by atoms with E-state index in [0.29, 0.717) is 0 Å². The molecule has 1 saturated heterocycles. The summed E-state index contributed by atoms with van der Waals surface area (Å²) in [7, 11) is 0. The van der Waals surface area contributed by atoms with Crippen molar-refractivity contribution in [2.24, 2.45) is 0 Å². The molecule has 0 unspecified atom stereocenters. The lowest BCUT2D eigenvalue weighted by Gasteiger charge is -2.34. The van der Waals surface area contributed by atoms with Crippen molar-refractivity contribution in [1.29, 1.82) is 0 Å². The van der Waals surface area contributed by atoms with Gasteiger partial charge in [0.2, 0.25) is 5.91 Å². The van der Waals surface area contributed by atoms with Crippen molar-refractivity contribution in [3.63, 3.8) is 0 Å². The minimum Gasteiger partial charge on any atom is -0.333 e. The minimum absolute atomic E-state index is 0.0693. The van der Waals surface area contributed by atoms with Crippen LogP contribution in [-0.2, 0) is 4.79 Å². The number of likely N-dealkylation sites (tertiary alicyclic amines) is 1. The Kier molecular flexibility index (Phi) is 3.41. The average Bonchev–Trinajstić information content (AvgIpc) is 2.27. The summed E-state index contributed by atoms with van der Waals surface area (Å²) >= 11 is 0. The number of carbonyl (C=O) groups excluding carboxylic acids is 1. The van der Waals surface area contributed by atoms with E-state index in [2.05, 4.69) is 9.97 Å². The van der Waals surface area contributed by atoms with Crippen LogP contribution in [0.4, 0.5) is 0 Å². The Bertz CT molecular complexity index is 410. The molecule has 1 amide bonds. The van der Waals surface area contributed by atoms with Gasteiger partial charge in [0.15, 0.2) is 5.82 Å². The van der Waals surface area contributed by atoms with Crippen molar-refractivity contribution < 1.29 is 4.79 Å². The minimum atomic E-state index is 0.0693. The van der Waals surface area contributed by atoms with Crippen LogP contribution in [0.25, 0.3) is 0 Å². The zero-order valence-corrected chi connectivity index (χ0v) is 10.7. The summed E-state index contributed by atoms with van der Waals surface area (Å²) in [6.07, 6.45) is 3.20. The van der Waals surface area contributed by atoms with Gasteiger partial charge in [-0.1, -0.05) is 0 Å². The third-order valence-electron chi connectivity index (χ3n) is 3.20. The molecule has 2 heterocycles. The molecule has 0 saturated carbocycles. The van der Waals surface area contributed by atoms with Crippen molar-refractivity contribution in [3.8, 4) is 0 Å². The van der Waals surface area contributed by atoms with Crippen LogP contribution in [0.5, 0.6) is 0 Å². The quantitative estimate of drug-likeness (QED) is 0.746. The molecule has 0 spiro atoms. The molecule has 1 aliphatic heterocycles. The van der Waals surface area contributed by atoms with Gasteiger partial charge in [0.25, 0.3) is 0 Å². The summed E-state index contributed by atoms with van der Waals surface area (Å²) < 4.78 is 0. The van der Waals surface area contributed by atoms with Crippen LogP contribution >= 0.6 is 0 Å². The summed E-state index contributed by atoms with van der Waals surface area (Å²) in [6.45, 7) is 6.40. The number of piperidine rings is 1. The van der Waals surface area contributed by atoms with Crippen LogP contribution in [0.2, 0.25) is 0 Å². The van der Waals surface area contributed by atoms with Crippen molar-refractivity contribution in [1.82, 2.24) is 14.9 Å².